The molecule has 3 aliphatic rings. The van der Waals surface area contributed by atoms with Gasteiger partial charge in [-0.05, 0) is 54.7 Å². The van der Waals surface area contributed by atoms with Gasteiger partial charge in [-0.3, -0.25) is 9.59 Å². The van der Waals surface area contributed by atoms with Crippen LogP contribution in [-0.2, 0) is 26.3 Å². The summed E-state index contributed by atoms with van der Waals surface area (Å²) in [7, 11) is 1.50. The van der Waals surface area contributed by atoms with Crippen molar-refractivity contribution in [2.45, 2.75) is 43.4 Å². The minimum atomic E-state index is -1.52. The molecule has 1 spiro atoms. The van der Waals surface area contributed by atoms with Gasteiger partial charge in [-0.1, -0.05) is 18.2 Å². The summed E-state index contributed by atoms with van der Waals surface area (Å²) in [6.07, 6.45) is 0.862. The molecule has 1 aliphatic carbocycles. The lowest BCUT2D eigenvalue weighted by Crippen LogP contribution is -2.47. The lowest BCUT2D eigenvalue weighted by molar-refractivity contribution is -0.143. The number of benzene rings is 2. The van der Waals surface area contributed by atoms with E-state index in [1.165, 1.54) is 24.1 Å². The van der Waals surface area contributed by atoms with Gasteiger partial charge in [0, 0.05) is 24.7 Å². The summed E-state index contributed by atoms with van der Waals surface area (Å²) in [5.41, 5.74) is 1.02. The molecule has 3 N–H and O–H groups in total. The van der Waals surface area contributed by atoms with Crippen LogP contribution in [0.15, 0.2) is 42.5 Å². The summed E-state index contributed by atoms with van der Waals surface area (Å²) in [5.74, 6) is -1.52. The number of carbonyl (C=O) groups excluding carboxylic acids is 4. The number of fused-ring (bicyclic) bond motifs is 2. The summed E-state index contributed by atoms with van der Waals surface area (Å²) < 4.78 is 19.1. The van der Waals surface area contributed by atoms with Crippen LogP contribution in [0.1, 0.15) is 42.0 Å². The quantitative estimate of drug-likeness (QED) is 0.567. The molecule has 5 rings (SSSR count). The number of aryl methyl sites for hydroxylation is 1. The monoisotopic (exact) mass is 510 g/mol. The second-order valence-corrected chi connectivity index (χ2v) is 9.44. The summed E-state index contributed by atoms with van der Waals surface area (Å²) in [6.45, 7) is -0.801. The Labute approximate surface area is 212 Å². The maximum atomic E-state index is 13.5. The Morgan fingerprint density at radius 3 is 2.62 bits per heavy atom. The number of likely N-dealkylation sites (tertiary alicyclic amines) is 1. The Bertz CT molecular complexity index is 1270. The molecule has 2 aromatic rings. The van der Waals surface area contributed by atoms with Crippen molar-refractivity contribution in [1.29, 1.82) is 0 Å². The van der Waals surface area contributed by atoms with Gasteiger partial charge < -0.3 is 25.4 Å². The number of hydrogen-bond donors (Lipinski definition) is 3. The van der Waals surface area contributed by atoms with Gasteiger partial charge in [0.1, 0.15) is 12.4 Å². The maximum Gasteiger partial charge on any atom is 0.418 e. The minimum Gasteiger partial charge on any atom is -0.427 e. The number of ether oxygens (including phenoxy) is 1. The third kappa shape index (κ3) is 4.18. The number of aliphatic hydroxyl groups excluding tert-OH is 1. The van der Waals surface area contributed by atoms with Gasteiger partial charge in [0.25, 0.3) is 5.91 Å². The number of carbonyl (C=O) groups is 4. The van der Waals surface area contributed by atoms with Crippen LogP contribution in [0.2, 0.25) is 0 Å². The number of nitrogens with one attached hydrogen (secondary N) is 2. The number of nitrogens with zero attached hydrogens (tertiary/aromatic N) is 2. The molecule has 0 bridgehead atoms. The standard InChI is InChI=1S/C26H27FN4O6/c1-28-24(35)29-18-6-8-20-16(12-18)10-11-26(20)23(34)30(25(36)37-26)13-22(33)31-19(14-32)7-9-21(31)15-2-4-17(27)5-3-15/h2-6,8,12,19,21,32H,7,9-11,13-14H2,1H3,(H2,28,29,35)/t19-,21?,26?/m1/s1. The number of anilines is 1. The molecule has 194 valence electrons. The van der Waals surface area contributed by atoms with E-state index in [-0.39, 0.29) is 19.1 Å². The van der Waals surface area contributed by atoms with Gasteiger partial charge in [0.2, 0.25) is 11.5 Å². The van der Waals surface area contributed by atoms with Gasteiger partial charge in [-0.25, -0.2) is 18.9 Å². The van der Waals surface area contributed by atoms with Gasteiger partial charge in [-0.2, -0.15) is 0 Å². The molecule has 0 radical (unpaired) electrons. The van der Waals surface area contributed by atoms with Crippen LogP contribution in [0.25, 0.3) is 0 Å². The van der Waals surface area contributed by atoms with Crippen LogP contribution < -0.4 is 10.6 Å². The lowest BCUT2D eigenvalue weighted by Gasteiger charge is -2.31. The molecule has 11 heteroatoms. The van der Waals surface area contributed by atoms with Crippen molar-refractivity contribution in [2.24, 2.45) is 0 Å². The van der Waals surface area contributed by atoms with Crippen molar-refractivity contribution in [3.8, 4) is 0 Å². The first-order valence-corrected chi connectivity index (χ1v) is 12.1. The first-order chi connectivity index (χ1) is 17.8. The lowest BCUT2D eigenvalue weighted by atomic mass is 9.94. The summed E-state index contributed by atoms with van der Waals surface area (Å²) in [4.78, 5) is 53.8. The summed E-state index contributed by atoms with van der Waals surface area (Å²) in [6, 6.07) is 9.52. The van der Waals surface area contributed by atoms with Crippen molar-refractivity contribution in [1.82, 2.24) is 15.1 Å². The van der Waals surface area contributed by atoms with E-state index in [9.17, 15) is 28.7 Å². The van der Waals surface area contributed by atoms with E-state index in [4.69, 9.17) is 4.74 Å². The molecule has 0 aromatic heterocycles. The highest BCUT2D eigenvalue weighted by molar-refractivity contribution is 6.06. The number of amides is 5. The first kappa shape index (κ1) is 24.7. The first-order valence-electron chi connectivity index (χ1n) is 12.1. The smallest absolute Gasteiger partial charge is 0.418 e. The van der Waals surface area contributed by atoms with Crippen LogP contribution in [0, 0.1) is 5.82 Å². The zero-order valence-corrected chi connectivity index (χ0v) is 20.2. The number of aliphatic hydroxyl groups is 1. The molecule has 3 atom stereocenters. The predicted octanol–water partition coefficient (Wildman–Crippen LogP) is 2.42. The Morgan fingerprint density at radius 2 is 1.92 bits per heavy atom. The summed E-state index contributed by atoms with van der Waals surface area (Å²) >= 11 is 0. The molecule has 2 unspecified atom stereocenters. The Kier molecular flexibility index (Phi) is 6.32. The van der Waals surface area contributed by atoms with E-state index in [1.807, 2.05) is 0 Å². The van der Waals surface area contributed by atoms with Crippen molar-refractivity contribution < 1.29 is 33.4 Å². The minimum absolute atomic E-state index is 0.224. The van der Waals surface area contributed by atoms with E-state index in [0.717, 1.165) is 10.5 Å². The number of urea groups is 1. The van der Waals surface area contributed by atoms with Crippen LogP contribution >= 0.6 is 0 Å². The van der Waals surface area contributed by atoms with Crippen LogP contribution in [0.3, 0.4) is 0 Å². The molecule has 2 saturated heterocycles. The molecule has 2 heterocycles. The van der Waals surface area contributed by atoms with Crippen molar-refractivity contribution in [3.05, 3.63) is 65.0 Å². The van der Waals surface area contributed by atoms with Crippen molar-refractivity contribution >= 4 is 29.6 Å². The molecule has 10 nitrogen and oxygen atoms in total. The molecule has 37 heavy (non-hydrogen) atoms. The number of hydrogen-bond acceptors (Lipinski definition) is 6. The average molecular weight is 511 g/mol. The molecule has 2 fully saturated rings. The normalized spacial score (nSPS) is 24.4. The molecular formula is C26H27FN4O6. The van der Waals surface area contributed by atoms with Crippen LogP contribution in [0.4, 0.5) is 19.7 Å². The van der Waals surface area contributed by atoms with E-state index < -0.39 is 48.0 Å². The van der Waals surface area contributed by atoms with Crippen molar-refractivity contribution in [3.63, 3.8) is 0 Å². The van der Waals surface area contributed by atoms with Crippen LogP contribution in [-0.4, -0.2) is 65.1 Å². The van der Waals surface area contributed by atoms with Gasteiger partial charge in [0.05, 0.1) is 18.7 Å². The van der Waals surface area contributed by atoms with E-state index in [0.29, 0.717) is 36.1 Å². The zero-order valence-electron chi connectivity index (χ0n) is 20.2. The number of imide groups is 1. The number of halogens is 1. The van der Waals surface area contributed by atoms with Gasteiger partial charge in [-0.15, -0.1) is 0 Å². The number of rotatable bonds is 5. The second kappa shape index (κ2) is 9.47. The second-order valence-electron chi connectivity index (χ2n) is 9.44. The Balaban J connectivity index is 1.36. The summed E-state index contributed by atoms with van der Waals surface area (Å²) in [5, 5.41) is 15.0. The van der Waals surface area contributed by atoms with Crippen LogP contribution in [0.5, 0.6) is 0 Å². The average Bonchev–Trinajstić information content (AvgIpc) is 3.55. The highest BCUT2D eigenvalue weighted by Gasteiger charge is 2.58. The van der Waals surface area contributed by atoms with E-state index in [1.54, 1.807) is 30.3 Å². The molecule has 0 saturated carbocycles. The molecular weight excluding hydrogens is 483 g/mol. The van der Waals surface area contributed by atoms with Gasteiger partial charge >= 0.3 is 12.1 Å². The van der Waals surface area contributed by atoms with Crippen molar-refractivity contribution in [2.75, 3.05) is 25.5 Å². The van der Waals surface area contributed by atoms with E-state index >= 15 is 0 Å². The molecule has 5 amide bonds. The third-order valence-corrected chi connectivity index (χ3v) is 7.39. The third-order valence-electron chi connectivity index (χ3n) is 7.39. The van der Waals surface area contributed by atoms with Gasteiger partial charge in [0.15, 0.2) is 0 Å². The fourth-order valence-electron chi connectivity index (χ4n) is 5.59. The SMILES string of the molecule is CNC(=O)Nc1ccc2c(c1)CCC21OC(=O)N(CC(=O)N2C(c3ccc(F)cc3)CC[C@@H]2CO)C1=O. The molecule has 2 aromatic carbocycles. The fourth-order valence-corrected chi connectivity index (χ4v) is 5.59. The Morgan fingerprint density at radius 1 is 1.16 bits per heavy atom. The topological polar surface area (TPSA) is 128 Å². The Hall–Kier alpha value is -3.99. The van der Waals surface area contributed by atoms with E-state index in [2.05, 4.69) is 10.6 Å². The maximum absolute atomic E-state index is 13.5. The zero-order chi connectivity index (χ0) is 26.3. The predicted molar refractivity (Wildman–Crippen MR) is 129 cm³/mol. The highest BCUT2D eigenvalue weighted by atomic mass is 19.1. The fraction of sp³-hybridized carbons (Fsp3) is 0.385. The highest BCUT2D eigenvalue weighted by Crippen LogP contribution is 2.46. The largest absolute Gasteiger partial charge is 0.427 e. The molecule has 2 aliphatic heterocycles.